The van der Waals surface area contributed by atoms with E-state index in [0.29, 0.717) is 63.2 Å². The number of aliphatic hydroxyl groups is 3. The molecule has 6 rings (SSSR count). The van der Waals surface area contributed by atoms with Crippen molar-refractivity contribution in [1.29, 1.82) is 0 Å². The molecule has 1 aliphatic heterocycles. The average molecular weight is 554 g/mol. The number of methoxy groups -OCH3 is 2. The Morgan fingerprint density at radius 1 is 1.00 bits per heavy atom. The van der Waals surface area contributed by atoms with Crippen molar-refractivity contribution in [2.45, 2.75) is 88.6 Å². The molecule has 1 aromatic rings. The van der Waals surface area contributed by atoms with Gasteiger partial charge in [0.25, 0.3) is 0 Å². The molecule has 4 aliphatic carbocycles. The van der Waals surface area contributed by atoms with Crippen LogP contribution in [0.5, 0.6) is 11.5 Å². The number of aliphatic hydroxyl groups excluding tert-OH is 1. The number of benzene rings is 1. The molecule has 0 saturated heterocycles. The zero-order chi connectivity index (χ0) is 28.3. The van der Waals surface area contributed by atoms with Gasteiger partial charge in [0.05, 0.1) is 38.1 Å². The van der Waals surface area contributed by atoms with Crippen molar-refractivity contribution in [3.05, 3.63) is 35.4 Å². The molecule has 8 nitrogen and oxygen atoms in total. The van der Waals surface area contributed by atoms with Gasteiger partial charge in [0, 0.05) is 35.6 Å². The van der Waals surface area contributed by atoms with Crippen molar-refractivity contribution in [3.63, 3.8) is 0 Å². The molecule has 0 bridgehead atoms. The molecule has 8 atom stereocenters. The lowest BCUT2D eigenvalue weighted by molar-refractivity contribution is -0.237. The van der Waals surface area contributed by atoms with E-state index in [-0.39, 0.29) is 29.1 Å². The third-order valence-electron chi connectivity index (χ3n) is 11.6. The molecule has 0 spiro atoms. The van der Waals surface area contributed by atoms with Crippen LogP contribution in [0.15, 0.2) is 34.8 Å². The summed E-state index contributed by atoms with van der Waals surface area (Å²) in [6.45, 7) is 2.94. The largest absolute Gasteiger partial charge is 0.497 e. The summed E-state index contributed by atoms with van der Waals surface area (Å²) in [6, 6.07) is 5.71. The second-order valence-corrected chi connectivity index (χ2v) is 13.2. The highest BCUT2D eigenvalue weighted by molar-refractivity contribution is 5.85. The molecule has 8 heteroatoms. The number of cyclic esters (lactones) is 1. The lowest BCUT2D eigenvalue weighted by Gasteiger charge is -2.65. The maximum Gasteiger partial charge on any atom is 0.331 e. The first-order valence-corrected chi connectivity index (χ1v) is 14.8. The van der Waals surface area contributed by atoms with E-state index < -0.39 is 22.7 Å². The Kier molecular flexibility index (Phi) is 6.83. The van der Waals surface area contributed by atoms with Gasteiger partial charge >= 0.3 is 5.97 Å². The van der Waals surface area contributed by atoms with Crippen molar-refractivity contribution in [1.82, 2.24) is 0 Å². The molecule has 0 radical (unpaired) electrons. The number of carbonyl (C=O) groups excluding carboxylic acids is 1. The predicted molar refractivity (Wildman–Crippen MR) is 149 cm³/mol. The summed E-state index contributed by atoms with van der Waals surface area (Å²) in [5.74, 6) is 1.29. The van der Waals surface area contributed by atoms with Crippen molar-refractivity contribution in [3.8, 4) is 11.5 Å². The van der Waals surface area contributed by atoms with Crippen LogP contribution >= 0.6 is 0 Å². The van der Waals surface area contributed by atoms with Crippen LogP contribution in [0.3, 0.4) is 0 Å². The van der Waals surface area contributed by atoms with Crippen LogP contribution in [0.25, 0.3) is 0 Å². The van der Waals surface area contributed by atoms with Crippen LogP contribution in [0.2, 0.25) is 0 Å². The molecule has 4 saturated carbocycles. The maximum atomic E-state index is 12.6. The van der Waals surface area contributed by atoms with Gasteiger partial charge in [0.1, 0.15) is 18.1 Å². The van der Waals surface area contributed by atoms with Crippen molar-refractivity contribution >= 4 is 12.2 Å². The molecular weight excluding hydrogens is 510 g/mol. The van der Waals surface area contributed by atoms with E-state index in [2.05, 4.69) is 6.92 Å². The minimum absolute atomic E-state index is 0.00811. The van der Waals surface area contributed by atoms with Crippen LogP contribution in [-0.2, 0) is 16.1 Å². The van der Waals surface area contributed by atoms with Crippen LogP contribution in [0.1, 0.15) is 70.3 Å². The van der Waals surface area contributed by atoms with E-state index in [0.717, 1.165) is 30.4 Å². The fraction of sp³-hybridized carbons (Fsp3) is 0.688. The second kappa shape index (κ2) is 9.85. The molecular formula is C32H43NO7. The van der Waals surface area contributed by atoms with Crippen LogP contribution in [-0.4, -0.2) is 65.6 Å². The van der Waals surface area contributed by atoms with E-state index in [1.54, 1.807) is 20.3 Å². The monoisotopic (exact) mass is 553 g/mol. The summed E-state index contributed by atoms with van der Waals surface area (Å²) < 4.78 is 16.1. The zero-order valence-electron chi connectivity index (χ0n) is 23.9. The Morgan fingerprint density at radius 2 is 1.73 bits per heavy atom. The van der Waals surface area contributed by atoms with Gasteiger partial charge in [-0.25, -0.2) is 4.79 Å². The fourth-order valence-electron chi connectivity index (χ4n) is 9.63. The lowest BCUT2D eigenvalue weighted by Crippen LogP contribution is -2.68. The highest BCUT2D eigenvalue weighted by Crippen LogP contribution is 2.70. The smallest absolute Gasteiger partial charge is 0.331 e. The minimum atomic E-state index is -1.07. The number of hydrogen-bond donors (Lipinski definition) is 3. The molecule has 0 aromatic heterocycles. The third-order valence-corrected chi connectivity index (χ3v) is 11.6. The van der Waals surface area contributed by atoms with Crippen LogP contribution < -0.4 is 9.47 Å². The third kappa shape index (κ3) is 4.04. The van der Waals surface area contributed by atoms with Crippen molar-refractivity contribution in [2.75, 3.05) is 20.8 Å². The number of fused-ring (bicyclic) bond motifs is 5. The van der Waals surface area contributed by atoms with E-state index >= 15 is 0 Å². The molecule has 1 aromatic carbocycles. The van der Waals surface area contributed by atoms with Crippen molar-refractivity contribution < 1.29 is 34.3 Å². The van der Waals surface area contributed by atoms with Crippen LogP contribution in [0, 0.1) is 28.6 Å². The Balaban J connectivity index is 1.34. The molecule has 5 aliphatic rings. The van der Waals surface area contributed by atoms with Gasteiger partial charge in [-0.15, -0.1) is 0 Å². The molecule has 1 heterocycles. The summed E-state index contributed by atoms with van der Waals surface area (Å²) in [5, 5.41) is 35.4. The van der Waals surface area contributed by atoms with E-state index in [1.165, 1.54) is 0 Å². The Hall–Kier alpha value is -2.42. The van der Waals surface area contributed by atoms with Gasteiger partial charge in [-0.1, -0.05) is 6.92 Å². The lowest BCUT2D eigenvalue weighted by atomic mass is 9.41. The first-order valence-electron chi connectivity index (χ1n) is 14.8. The second-order valence-electron chi connectivity index (χ2n) is 13.2. The van der Waals surface area contributed by atoms with Gasteiger partial charge in [0.15, 0.2) is 0 Å². The summed E-state index contributed by atoms with van der Waals surface area (Å²) in [7, 11) is 3.25. The number of rotatable bonds is 6. The van der Waals surface area contributed by atoms with Gasteiger partial charge in [-0.3, -0.25) is 4.99 Å². The number of esters is 1. The normalized spacial score (nSPS) is 42.5. The van der Waals surface area contributed by atoms with E-state index in [9.17, 15) is 20.1 Å². The molecule has 0 unspecified atom stereocenters. The standard InChI is InChI=1S/C32H43NO7/c1-29-8-5-26-27(32(29,37)11-7-25(29)21-14-28(35)40-18-21)6-10-31(36)16-22(34)4-9-30(26,31)19-33-17-20-12-23(38-2)15-24(13-20)39-3/h12-15,19,22,25-27,34,36-37H,4-11,16-18H2,1-3H3/t22-,25+,26-,27+,29+,30-,31-,32-/m0/s1. The maximum absolute atomic E-state index is 12.6. The number of aliphatic imine (C=N–C) groups is 1. The number of nitrogens with zero attached hydrogens (tertiary/aromatic N) is 1. The highest BCUT2D eigenvalue weighted by Gasteiger charge is 2.71. The Labute approximate surface area is 236 Å². The number of hydrogen-bond acceptors (Lipinski definition) is 8. The molecule has 3 N–H and O–H groups in total. The van der Waals surface area contributed by atoms with Gasteiger partial charge in [0.2, 0.25) is 0 Å². The topological polar surface area (TPSA) is 118 Å². The highest BCUT2D eigenvalue weighted by atomic mass is 16.5. The molecule has 40 heavy (non-hydrogen) atoms. The molecule has 218 valence electrons. The van der Waals surface area contributed by atoms with Gasteiger partial charge in [-0.05, 0) is 92.4 Å². The summed E-state index contributed by atoms with van der Waals surface area (Å²) >= 11 is 0. The summed E-state index contributed by atoms with van der Waals surface area (Å²) in [4.78, 5) is 16.8. The molecule has 4 fully saturated rings. The number of ether oxygens (including phenoxy) is 3. The quantitative estimate of drug-likeness (QED) is 0.360. The molecule has 0 amide bonds. The number of carbonyl (C=O) groups is 1. The zero-order valence-corrected chi connectivity index (χ0v) is 23.9. The van der Waals surface area contributed by atoms with Gasteiger partial charge in [-0.2, -0.15) is 0 Å². The fourth-order valence-corrected chi connectivity index (χ4v) is 9.63. The first-order chi connectivity index (χ1) is 19.1. The Morgan fingerprint density at radius 3 is 2.40 bits per heavy atom. The van der Waals surface area contributed by atoms with Crippen LogP contribution in [0.4, 0.5) is 0 Å². The average Bonchev–Trinajstić information content (AvgIpc) is 3.48. The van der Waals surface area contributed by atoms with E-state index in [4.69, 9.17) is 19.2 Å². The summed E-state index contributed by atoms with van der Waals surface area (Å²) in [5.41, 5.74) is -0.986. The Bertz CT molecular complexity index is 1210. The van der Waals surface area contributed by atoms with Gasteiger partial charge < -0.3 is 29.5 Å². The summed E-state index contributed by atoms with van der Waals surface area (Å²) in [6.07, 6.45) is 9.09. The minimum Gasteiger partial charge on any atom is -0.497 e. The SMILES string of the molecule is COc1cc(CN=C[C@]23CC[C@H](O)C[C@@]2(O)CC[C@@H]2[C@@H]3CC[C@]3(C)[C@@H](C4=CC(=O)OC4)CC[C@]23O)cc(OC)c1. The van der Waals surface area contributed by atoms with Crippen molar-refractivity contribution in [2.24, 2.45) is 33.6 Å². The predicted octanol–water partition coefficient (Wildman–Crippen LogP) is 3.99. The van der Waals surface area contributed by atoms with E-state index in [1.807, 2.05) is 24.4 Å². The first kappa shape index (κ1) is 27.7.